The van der Waals surface area contributed by atoms with Crippen molar-refractivity contribution < 1.29 is 39.4 Å². The van der Waals surface area contributed by atoms with Crippen molar-refractivity contribution in [3.05, 3.63) is 0 Å². The maximum Gasteiger partial charge on any atom is 0.335 e. The highest BCUT2D eigenvalue weighted by atomic mass is 16.7. The summed E-state index contributed by atoms with van der Waals surface area (Å²) >= 11 is 0. The first-order chi connectivity index (χ1) is 9.00. The molecule has 2 fully saturated rings. The van der Waals surface area contributed by atoms with E-state index in [1.165, 1.54) is 0 Å². The number of ether oxygens (including phenoxy) is 3. The van der Waals surface area contributed by atoms with Crippen molar-refractivity contribution in [1.82, 2.24) is 0 Å². The van der Waals surface area contributed by atoms with E-state index in [4.69, 9.17) is 19.3 Å². The van der Waals surface area contributed by atoms with Crippen LogP contribution in [0.1, 0.15) is 12.8 Å². The normalized spacial score (nSPS) is 43.3. The lowest BCUT2D eigenvalue weighted by atomic mass is 9.99. The van der Waals surface area contributed by atoms with Crippen LogP contribution in [-0.4, -0.2) is 76.4 Å². The van der Waals surface area contributed by atoms with Crippen molar-refractivity contribution >= 4 is 5.97 Å². The van der Waals surface area contributed by atoms with Crippen LogP contribution < -0.4 is 0 Å². The van der Waals surface area contributed by atoms with Gasteiger partial charge < -0.3 is 34.6 Å². The Bertz CT molecular complexity index is 316. The Kier molecular flexibility index (Phi) is 4.71. The summed E-state index contributed by atoms with van der Waals surface area (Å²) in [6.07, 6.45) is -6.16. The minimum atomic E-state index is -1.70. The third kappa shape index (κ3) is 3.22. The lowest BCUT2D eigenvalue weighted by Gasteiger charge is -2.38. The Labute approximate surface area is 109 Å². The molecule has 0 aromatic rings. The smallest absolute Gasteiger partial charge is 0.335 e. The second-order valence-electron chi connectivity index (χ2n) is 4.70. The van der Waals surface area contributed by atoms with E-state index < -0.39 is 36.7 Å². The minimum absolute atomic E-state index is 0.122. The highest BCUT2D eigenvalue weighted by molar-refractivity contribution is 5.73. The van der Waals surface area contributed by atoms with E-state index in [0.717, 1.165) is 12.8 Å². The first kappa shape index (κ1) is 14.6. The topological polar surface area (TPSA) is 126 Å². The third-order valence-corrected chi connectivity index (χ3v) is 3.28. The summed E-state index contributed by atoms with van der Waals surface area (Å²) in [4.78, 5) is 10.9. The largest absolute Gasteiger partial charge is 0.479 e. The van der Waals surface area contributed by atoms with E-state index >= 15 is 0 Å². The highest BCUT2D eigenvalue weighted by Gasteiger charge is 2.47. The molecule has 2 heterocycles. The Hall–Kier alpha value is -0.770. The van der Waals surface area contributed by atoms with Crippen LogP contribution in [-0.2, 0) is 19.0 Å². The molecular formula is C11H18O8. The summed E-state index contributed by atoms with van der Waals surface area (Å²) in [6, 6.07) is 0. The zero-order valence-corrected chi connectivity index (χ0v) is 10.2. The van der Waals surface area contributed by atoms with Gasteiger partial charge in [0.05, 0.1) is 12.7 Å². The number of aliphatic carboxylic acids is 1. The predicted octanol–water partition coefficient (Wildman–Crippen LogP) is -1.93. The summed E-state index contributed by atoms with van der Waals surface area (Å²) < 4.78 is 15.5. The maximum absolute atomic E-state index is 10.9. The van der Waals surface area contributed by atoms with E-state index in [-0.39, 0.29) is 12.7 Å². The SMILES string of the molecule is O=C(O)C1OC(OCC2CCCO2)C(O)C(O)C1O. The Morgan fingerprint density at radius 3 is 2.53 bits per heavy atom. The molecule has 0 aromatic heterocycles. The lowest BCUT2D eigenvalue weighted by molar-refractivity contribution is -0.297. The highest BCUT2D eigenvalue weighted by Crippen LogP contribution is 2.23. The Morgan fingerprint density at radius 2 is 1.95 bits per heavy atom. The fourth-order valence-corrected chi connectivity index (χ4v) is 2.17. The van der Waals surface area contributed by atoms with Gasteiger partial charge in [-0.1, -0.05) is 0 Å². The molecule has 0 bridgehead atoms. The third-order valence-electron chi connectivity index (χ3n) is 3.28. The first-order valence-corrected chi connectivity index (χ1v) is 6.16. The summed E-state index contributed by atoms with van der Waals surface area (Å²) in [5.74, 6) is -1.43. The monoisotopic (exact) mass is 278 g/mol. The number of carbonyl (C=O) groups is 1. The summed E-state index contributed by atoms with van der Waals surface area (Å²) in [7, 11) is 0. The van der Waals surface area contributed by atoms with Gasteiger partial charge in [0.15, 0.2) is 12.4 Å². The Morgan fingerprint density at radius 1 is 1.21 bits per heavy atom. The number of rotatable bonds is 4. The second kappa shape index (κ2) is 6.12. The maximum atomic E-state index is 10.9. The molecule has 0 amide bonds. The van der Waals surface area contributed by atoms with Gasteiger partial charge >= 0.3 is 5.97 Å². The molecule has 2 aliphatic heterocycles. The van der Waals surface area contributed by atoms with Crippen LogP contribution in [0.4, 0.5) is 0 Å². The molecule has 8 heteroatoms. The zero-order valence-electron chi connectivity index (χ0n) is 10.2. The molecule has 0 aliphatic carbocycles. The summed E-state index contributed by atoms with van der Waals surface area (Å²) in [6.45, 7) is 0.776. The number of carboxylic acid groups (broad SMARTS) is 1. The van der Waals surface area contributed by atoms with E-state index in [2.05, 4.69) is 0 Å². The van der Waals surface area contributed by atoms with E-state index in [1.54, 1.807) is 0 Å². The molecular weight excluding hydrogens is 260 g/mol. The zero-order chi connectivity index (χ0) is 14.0. The van der Waals surface area contributed by atoms with Crippen LogP contribution in [0.15, 0.2) is 0 Å². The second-order valence-corrected chi connectivity index (χ2v) is 4.70. The fraction of sp³-hybridized carbons (Fsp3) is 0.909. The molecule has 2 rings (SSSR count). The predicted molar refractivity (Wildman–Crippen MR) is 59.2 cm³/mol. The van der Waals surface area contributed by atoms with Gasteiger partial charge in [-0.05, 0) is 12.8 Å². The van der Waals surface area contributed by atoms with Gasteiger partial charge in [-0.15, -0.1) is 0 Å². The van der Waals surface area contributed by atoms with Crippen LogP contribution in [0.2, 0.25) is 0 Å². The first-order valence-electron chi connectivity index (χ1n) is 6.16. The van der Waals surface area contributed by atoms with Gasteiger partial charge in [0.1, 0.15) is 18.3 Å². The number of carboxylic acids is 1. The van der Waals surface area contributed by atoms with Crippen LogP contribution in [0, 0.1) is 0 Å². The van der Waals surface area contributed by atoms with Gasteiger partial charge in [0.25, 0.3) is 0 Å². The van der Waals surface area contributed by atoms with Gasteiger partial charge in [0, 0.05) is 6.61 Å². The quantitative estimate of drug-likeness (QED) is 0.468. The van der Waals surface area contributed by atoms with Crippen molar-refractivity contribution in [1.29, 1.82) is 0 Å². The standard InChI is InChI=1S/C11H18O8/c12-6-7(13)9(10(15)16)19-11(8(6)14)18-4-5-2-1-3-17-5/h5-9,11-14H,1-4H2,(H,15,16). The molecule has 2 saturated heterocycles. The number of aliphatic hydroxyl groups excluding tert-OH is 3. The molecule has 6 unspecified atom stereocenters. The molecule has 0 radical (unpaired) electrons. The molecule has 19 heavy (non-hydrogen) atoms. The van der Waals surface area contributed by atoms with Crippen LogP contribution in [0.5, 0.6) is 0 Å². The number of hydrogen-bond acceptors (Lipinski definition) is 7. The van der Waals surface area contributed by atoms with E-state index in [1.807, 2.05) is 0 Å². The fourth-order valence-electron chi connectivity index (χ4n) is 2.17. The average Bonchev–Trinajstić information content (AvgIpc) is 2.88. The van der Waals surface area contributed by atoms with Gasteiger partial charge in [-0.25, -0.2) is 4.79 Å². The number of hydrogen-bond donors (Lipinski definition) is 4. The van der Waals surface area contributed by atoms with Crippen LogP contribution >= 0.6 is 0 Å². The molecule has 0 aromatic carbocycles. The van der Waals surface area contributed by atoms with Crippen molar-refractivity contribution in [2.45, 2.75) is 49.7 Å². The van der Waals surface area contributed by atoms with Crippen LogP contribution in [0.3, 0.4) is 0 Å². The molecule has 0 spiro atoms. The van der Waals surface area contributed by atoms with E-state index in [0.29, 0.717) is 6.61 Å². The van der Waals surface area contributed by atoms with Gasteiger partial charge in [-0.3, -0.25) is 0 Å². The summed E-state index contributed by atoms with van der Waals surface area (Å²) in [5, 5.41) is 37.6. The molecule has 6 atom stereocenters. The lowest BCUT2D eigenvalue weighted by Crippen LogP contribution is -2.60. The minimum Gasteiger partial charge on any atom is -0.479 e. The number of aliphatic hydroxyl groups is 3. The average molecular weight is 278 g/mol. The molecule has 4 N–H and O–H groups in total. The molecule has 8 nitrogen and oxygen atoms in total. The molecule has 2 aliphatic rings. The Balaban J connectivity index is 1.92. The van der Waals surface area contributed by atoms with Crippen molar-refractivity contribution in [2.24, 2.45) is 0 Å². The van der Waals surface area contributed by atoms with Crippen molar-refractivity contribution in [2.75, 3.05) is 13.2 Å². The summed E-state index contributed by atoms with van der Waals surface area (Å²) in [5.41, 5.74) is 0. The van der Waals surface area contributed by atoms with E-state index in [9.17, 15) is 20.1 Å². The molecule has 110 valence electrons. The van der Waals surface area contributed by atoms with Gasteiger partial charge in [-0.2, -0.15) is 0 Å². The van der Waals surface area contributed by atoms with Gasteiger partial charge in [0.2, 0.25) is 0 Å². The molecule has 0 saturated carbocycles. The van der Waals surface area contributed by atoms with Crippen molar-refractivity contribution in [3.8, 4) is 0 Å². The van der Waals surface area contributed by atoms with Crippen LogP contribution in [0.25, 0.3) is 0 Å². The van der Waals surface area contributed by atoms with Crippen molar-refractivity contribution in [3.63, 3.8) is 0 Å².